The second kappa shape index (κ2) is 4.33. The van der Waals surface area contributed by atoms with Gasteiger partial charge in [-0.3, -0.25) is 4.68 Å². The molecule has 2 rings (SSSR count). The van der Waals surface area contributed by atoms with Crippen LogP contribution in [0.25, 0.3) is 0 Å². The molecule has 2 aromatic rings. The summed E-state index contributed by atoms with van der Waals surface area (Å²) in [5, 5.41) is 13.3. The monoisotopic (exact) mass is 232 g/mol. The van der Waals surface area contributed by atoms with Gasteiger partial charge in [0.15, 0.2) is 5.69 Å². The van der Waals surface area contributed by atoms with E-state index < -0.39 is 0 Å². The fourth-order valence-corrected chi connectivity index (χ4v) is 1.51. The van der Waals surface area contributed by atoms with E-state index in [-0.39, 0.29) is 0 Å². The van der Waals surface area contributed by atoms with E-state index in [1.54, 1.807) is 23.0 Å². The molecule has 5 heteroatoms. The van der Waals surface area contributed by atoms with Crippen molar-refractivity contribution in [2.45, 2.75) is 13.5 Å². The van der Waals surface area contributed by atoms with Gasteiger partial charge < -0.3 is 0 Å². The fourth-order valence-electron chi connectivity index (χ4n) is 1.40. The van der Waals surface area contributed by atoms with Crippen LogP contribution in [0.3, 0.4) is 0 Å². The number of hydrogen-bond acceptors (Lipinski definition) is 3. The minimum atomic E-state index is 0.430. The quantitative estimate of drug-likeness (QED) is 0.746. The Morgan fingerprint density at radius 1 is 1.50 bits per heavy atom. The van der Waals surface area contributed by atoms with Crippen molar-refractivity contribution in [2.24, 2.45) is 0 Å². The first-order chi connectivity index (χ1) is 7.69. The molecule has 4 nitrogen and oxygen atoms in total. The maximum atomic E-state index is 8.72. The number of pyridine rings is 1. The van der Waals surface area contributed by atoms with Gasteiger partial charge >= 0.3 is 0 Å². The predicted molar refractivity (Wildman–Crippen MR) is 60.0 cm³/mol. The zero-order valence-electron chi connectivity index (χ0n) is 8.68. The van der Waals surface area contributed by atoms with Crippen LogP contribution < -0.4 is 0 Å². The van der Waals surface area contributed by atoms with Gasteiger partial charge in [0.2, 0.25) is 0 Å². The zero-order valence-corrected chi connectivity index (χ0v) is 9.44. The van der Waals surface area contributed by atoms with Crippen LogP contribution >= 0.6 is 11.6 Å². The lowest BCUT2D eigenvalue weighted by Gasteiger charge is -2.03. The van der Waals surface area contributed by atoms with Crippen molar-refractivity contribution >= 4 is 11.6 Å². The molecule has 0 bridgehead atoms. The van der Waals surface area contributed by atoms with E-state index >= 15 is 0 Å². The number of nitrogens with zero attached hydrogens (tertiary/aromatic N) is 4. The van der Waals surface area contributed by atoms with Crippen LogP contribution in [0.1, 0.15) is 17.0 Å². The molecular weight excluding hydrogens is 224 g/mol. The summed E-state index contributed by atoms with van der Waals surface area (Å²) in [5.41, 5.74) is 2.38. The Bertz CT molecular complexity index is 536. The first kappa shape index (κ1) is 10.7. The molecule has 16 heavy (non-hydrogen) atoms. The lowest BCUT2D eigenvalue weighted by Crippen LogP contribution is -2.04. The van der Waals surface area contributed by atoms with Crippen molar-refractivity contribution in [3.63, 3.8) is 0 Å². The highest BCUT2D eigenvalue weighted by Gasteiger charge is 2.04. The Labute approximate surface area is 98.1 Å². The Kier molecular flexibility index (Phi) is 2.88. The Morgan fingerprint density at radius 3 is 2.88 bits per heavy atom. The van der Waals surface area contributed by atoms with Crippen LogP contribution in [0.5, 0.6) is 0 Å². The molecule has 0 saturated carbocycles. The molecule has 0 radical (unpaired) electrons. The average molecular weight is 233 g/mol. The molecule has 2 heterocycles. The van der Waals surface area contributed by atoms with Gasteiger partial charge in [-0.15, -0.1) is 0 Å². The molecule has 0 aliphatic heterocycles. The molecule has 0 aromatic carbocycles. The Balaban J connectivity index is 2.24. The lowest BCUT2D eigenvalue weighted by atomic mass is 10.3. The normalized spacial score (nSPS) is 10.1. The first-order valence-electron chi connectivity index (χ1n) is 4.74. The maximum Gasteiger partial charge on any atom is 0.162 e. The summed E-state index contributed by atoms with van der Waals surface area (Å²) in [7, 11) is 0. The Hall–Kier alpha value is -1.86. The van der Waals surface area contributed by atoms with Crippen molar-refractivity contribution in [1.82, 2.24) is 14.8 Å². The van der Waals surface area contributed by atoms with Gasteiger partial charge in [-0.1, -0.05) is 17.7 Å². The summed E-state index contributed by atoms with van der Waals surface area (Å²) in [5.74, 6) is 0. The molecule has 0 N–H and O–H groups in total. The molecule has 0 unspecified atom stereocenters. The highest BCUT2D eigenvalue weighted by atomic mass is 35.5. The van der Waals surface area contributed by atoms with Crippen molar-refractivity contribution in [2.75, 3.05) is 0 Å². The van der Waals surface area contributed by atoms with Gasteiger partial charge in [-0.2, -0.15) is 10.4 Å². The molecule has 0 saturated heterocycles. The van der Waals surface area contributed by atoms with Crippen molar-refractivity contribution < 1.29 is 0 Å². The van der Waals surface area contributed by atoms with Gasteiger partial charge in [0.25, 0.3) is 0 Å². The highest BCUT2D eigenvalue weighted by molar-refractivity contribution is 6.29. The summed E-state index contributed by atoms with van der Waals surface area (Å²) >= 11 is 5.70. The molecule has 0 aliphatic carbocycles. The van der Waals surface area contributed by atoms with Crippen molar-refractivity contribution in [1.29, 1.82) is 5.26 Å². The van der Waals surface area contributed by atoms with Crippen LogP contribution in [0.15, 0.2) is 24.4 Å². The largest absolute Gasteiger partial charge is 0.264 e. The summed E-state index contributed by atoms with van der Waals surface area (Å²) in [6, 6.07) is 7.40. The summed E-state index contributed by atoms with van der Waals surface area (Å²) < 4.78 is 1.77. The number of aromatic nitrogens is 3. The molecule has 2 aromatic heterocycles. The number of nitriles is 1. The molecule has 0 fully saturated rings. The third-order valence-corrected chi connectivity index (χ3v) is 2.44. The fraction of sp³-hybridized carbons (Fsp3) is 0.182. The van der Waals surface area contributed by atoms with E-state index in [1.807, 2.05) is 19.1 Å². The first-order valence-corrected chi connectivity index (χ1v) is 5.12. The molecule has 0 amide bonds. The topological polar surface area (TPSA) is 54.5 Å². The van der Waals surface area contributed by atoms with Crippen LogP contribution in [-0.4, -0.2) is 14.8 Å². The van der Waals surface area contributed by atoms with E-state index in [9.17, 15) is 0 Å². The summed E-state index contributed by atoms with van der Waals surface area (Å²) in [6.07, 6.45) is 1.70. The predicted octanol–water partition coefficient (Wildman–Crippen LogP) is 2.16. The third kappa shape index (κ3) is 2.20. The van der Waals surface area contributed by atoms with Gasteiger partial charge in [-0.05, 0) is 24.6 Å². The minimum absolute atomic E-state index is 0.430. The number of aryl methyl sites for hydroxylation is 1. The maximum absolute atomic E-state index is 8.72. The third-order valence-electron chi connectivity index (χ3n) is 2.22. The molecule has 0 atom stereocenters. The molecule has 0 spiro atoms. The van der Waals surface area contributed by atoms with Crippen molar-refractivity contribution in [3.8, 4) is 6.07 Å². The number of halogens is 1. The van der Waals surface area contributed by atoms with Crippen molar-refractivity contribution in [3.05, 3.63) is 46.5 Å². The Morgan fingerprint density at radius 2 is 2.31 bits per heavy atom. The van der Waals surface area contributed by atoms with Crippen LogP contribution in [-0.2, 0) is 6.54 Å². The van der Waals surface area contributed by atoms with Gasteiger partial charge in [0.1, 0.15) is 11.2 Å². The highest BCUT2D eigenvalue weighted by Crippen LogP contribution is 2.09. The number of hydrogen-bond donors (Lipinski definition) is 0. The van der Waals surface area contributed by atoms with E-state index in [4.69, 9.17) is 16.9 Å². The summed E-state index contributed by atoms with van der Waals surface area (Å²) in [4.78, 5) is 3.99. The zero-order chi connectivity index (χ0) is 11.5. The second-order valence-corrected chi connectivity index (χ2v) is 3.82. The van der Waals surface area contributed by atoms with Gasteiger partial charge in [-0.25, -0.2) is 4.98 Å². The van der Waals surface area contributed by atoms with Crippen LogP contribution in [0.4, 0.5) is 0 Å². The minimum Gasteiger partial charge on any atom is -0.264 e. The van der Waals surface area contributed by atoms with Crippen LogP contribution in [0, 0.1) is 18.3 Å². The molecule has 80 valence electrons. The smallest absolute Gasteiger partial charge is 0.162 e. The standard InChI is InChI=1S/C11H9ClN4/c1-8-4-10(5-13)15-16(8)7-9-2-3-11(12)14-6-9/h2-4,6H,7H2,1H3. The van der Waals surface area contributed by atoms with E-state index in [0.29, 0.717) is 17.4 Å². The molecular formula is C11H9ClN4. The van der Waals surface area contributed by atoms with Gasteiger partial charge in [0.05, 0.1) is 6.54 Å². The van der Waals surface area contributed by atoms with E-state index in [1.165, 1.54) is 0 Å². The molecule has 0 aliphatic rings. The van der Waals surface area contributed by atoms with Crippen LogP contribution in [0.2, 0.25) is 5.15 Å². The van der Waals surface area contributed by atoms with E-state index in [0.717, 1.165) is 11.3 Å². The summed E-state index contributed by atoms with van der Waals surface area (Å²) in [6.45, 7) is 2.51. The SMILES string of the molecule is Cc1cc(C#N)nn1Cc1ccc(Cl)nc1. The second-order valence-electron chi connectivity index (χ2n) is 3.43. The van der Waals surface area contributed by atoms with Gasteiger partial charge in [0, 0.05) is 11.9 Å². The average Bonchev–Trinajstić information content (AvgIpc) is 2.63. The van der Waals surface area contributed by atoms with E-state index in [2.05, 4.69) is 10.1 Å². The lowest BCUT2D eigenvalue weighted by molar-refractivity contribution is 0.661. The number of rotatable bonds is 2.